The average Bonchev–Trinajstić information content (AvgIpc) is 2.29. The lowest BCUT2D eigenvalue weighted by Gasteiger charge is -2.39. The van der Waals surface area contributed by atoms with E-state index in [1.54, 1.807) is 12.4 Å². The van der Waals surface area contributed by atoms with E-state index >= 15 is 0 Å². The second-order valence-corrected chi connectivity index (χ2v) is 4.82. The smallest absolute Gasteiger partial charge is 0.227 e. The van der Waals surface area contributed by atoms with Gasteiger partial charge >= 0.3 is 0 Å². The van der Waals surface area contributed by atoms with E-state index in [1.807, 2.05) is 19.1 Å². The second kappa shape index (κ2) is 4.84. The lowest BCUT2D eigenvalue weighted by Crippen LogP contribution is -2.50. The number of amides is 1. The second-order valence-electron chi connectivity index (χ2n) is 4.82. The molecule has 0 spiro atoms. The van der Waals surface area contributed by atoms with Gasteiger partial charge < -0.3 is 11.1 Å². The summed E-state index contributed by atoms with van der Waals surface area (Å²) < 4.78 is 0. The fraction of sp³-hybridized carbons (Fsp3) is 0.538. The number of pyridine rings is 1. The molecule has 3 N–H and O–H groups in total. The molecule has 1 amide bonds. The minimum Gasteiger partial charge on any atom is -0.349 e. The van der Waals surface area contributed by atoms with Crippen LogP contribution in [0.3, 0.4) is 0 Å². The lowest BCUT2D eigenvalue weighted by molar-refractivity contribution is -0.135. The Hall–Kier alpha value is -1.42. The van der Waals surface area contributed by atoms with Gasteiger partial charge in [-0.1, -0.05) is 12.5 Å². The Morgan fingerprint density at radius 1 is 1.65 bits per heavy atom. The SMILES string of the molecule is CC(NC(=O)C1(CN)CCC1)c1cccnc1. The fourth-order valence-corrected chi connectivity index (χ4v) is 2.19. The summed E-state index contributed by atoms with van der Waals surface area (Å²) in [6, 6.07) is 3.83. The van der Waals surface area contributed by atoms with Crippen LogP contribution in [0.2, 0.25) is 0 Å². The van der Waals surface area contributed by atoms with E-state index < -0.39 is 0 Å². The van der Waals surface area contributed by atoms with Crippen molar-refractivity contribution in [3.8, 4) is 0 Å². The van der Waals surface area contributed by atoms with Crippen molar-refractivity contribution in [3.05, 3.63) is 30.1 Å². The van der Waals surface area contributed by atoms with Gasteiger partial charge in [-0.25, -0.2) is 0 Å². The molecule has 1 unspecified atom stereocenters. The van der Waals surface area contributed by atoms with Gasteiger partial charge in [-0.2, -0.15) is 0 Å². The third-order valence-electron chi connectivity index (χ3n) is 3.72. The Bertz CT molecular complexity index is 381. The molecule has 0 bridgehead atoms. The van der Waals surface area contributed by atoms with Crippen LogP contribution in [0.1, 0.15) is 37.8 Å². The molecule has 4 heteroatoms. The molecular weight excluding hydrogens is 214 g/mol. The molecule has 0 aliphatic heterocycles. The molecule has 1 fully saturated rings. The zero-order chi connectivity index (χ0) is 12.3. The molecule has 17 heavy (non-hydrogen) atoms. The maximum atomic E-state index is 12.2. The van der Waals surface area contributed by atoms with Gasteiger partial charge in [0.15, 0.2) is 0 Å². The molecule has 2 rings (SSSR count). The molecule has 0 saturated heterocycles. The van der Waals surface area contributed by atoms with Crippen LogP contribution in [0, 0.1) is 5.41 Å². The number of aromatic nitrogens is 1. The van der Waals surface area contributed by atoms with Crippen LogP contribution >= 0.6 is 0 Å². The fourth-order valence-electron chi connectivity index (χ4n) is 2.19. The highest BCUT2D eigenvalue weighted by molar-refractivity contribution is 5.84. The molecule has 1 aromatic rings. The molecule has 0 aromatic carbocycles. The van der Waals surface area contributed by atoms with E-state index in [4.69, 9.17) is 5.73 Å². The van der Waals surface area contributed by atoms with Gasteiger partial charge in [-0.05, 0) is 31.4 Å². The summed E-state index contributed by atoms with van der Waals surface area (Å²) in [6.07, 6.45) is 6.43. The summed E-state index contributed by atoms with van der Waals surface area (Å²) in [5.74, 6) is 0.0857. The van der Waals surface area contributed by atoms with E-state index in [9.17, 15) is 4.79 Å². The van der Waals surface area contributed by atoms with Gasteiger partial charge in [-0.15, -0.1) is 0 Å². The van der Waals surface area contributed by atoms with Gasteiger partial charge in [0, 0.05) is 18.9 Å². The maximum Gasteiger partial charge on any atom is 0.227 e. The minimum absolute atomic E-state index is 0.0137. The number of carbonyl (C=O) groups is 1. The normalized spacial score (nSPS) is 19.2. The van der Waals surface area contributed by atoms with Crippen molar-refractivity contribution < 1.29 is 4.79 Å². The first kappa shape index (κ1) is 12.0. The highest BCUT2D eigenvalue weighted by Crippen LogP contribution is 2.40. The van der Waals surface area contributed by atoms with E-state index in [0.717, 1.165) is 24.8 Å². The third kappa shape index (κ3) is 2.31. The highest BCUT2D eigenvalue weighted by Gasteiger charge is 2.43. The van der Waals surface area contributed by atoms with E-state index in [-0.39, 0.29) is 17.4 Å². The Balaban J connectivity index is 1.99. The third-order valence-corrected chi connectivity index (χ3v) is 3.72. The van der Waals surface area contributed by atoms with Crippen molar-refractivity contribution in [1.29, 1.82) is 0 Å². The van der Waals surface area contributed by atoms with Gasteiger partial charge in [0.05, 0.1) is 11.5 Å². The molecule has 1 aromatic heterocycles. The van der Waals surface area contributed by atoms with Crippen LogP contribution in [-0.4, -0.2) is 17.4 Å². The van der Waals surface area contributed by atoms with E-state index in [2.05, 4.69) is 10.3 Å². The highest BCUT2D eigenvalue weighted by atomic mass is 16.2. The number of hydrogen-bond acceptors (Lipinski definition) is 3. The molecular formula is C13H19N3O. The summed E-state index contributed by atoms with van der Waals surface area (Å²) in [7, 11) is 0. The number of hydrogen-bond donors (Lipinski definition) is 2. The lowest BCUT2D eigenvalue weighted by atomic mass is 9.68. The van der Waals surface area contributed by atoms with Crippen molar-refractivity contribution in [3.63, 3.8) is 0 Å². The van der Waals surface area contributed by atoms with E-state index in [0.29, 0.717) is 6.54 Å². The number of nitrogens with zero attached hydrogens (tertiary/aromatic N) is 1. The first-order valence-corrected chi connectivity index (χ1v) is 6.09. The van der Waals surface area contributed by atoms with Crippen LogP contribution in [0.5, 0.6) is 0 Å². The molecule has 1 aliphatic carbocycles. The number of nitrogens with one attached hydrogen (secondary N) is 1. The zero-order valence-corrected chi connectivity index (χ0v) is 10.1. The maximum absolute atomic E-state index is 12.2. The van der Waals surface area contributed by atoms with Crippen LogP contribution in [0.25, 0.3) is 0 Å². The van der Waals surface area contributed by atoms with Crippen molar-refractivity contribution >= 4 is 5.91 Å². The molecule has 0 radical (unpaired) electrons. The zero-order valence-electron chi connectivity index (χ0n) is 10.1. The van der Waals surface area contributed by atoms with Crippen LogP contribution in [0.4, 0.5) is 0 Å². The number of nitrogens with two attached hydrogens (primary N) is 1. The van der Waals surface area contributed by atoms with Gasteiger partial charge in [0.25, 0.3) is 0 Å². The summed E-state index contributed by atoms with van der Waals surface area (Å²) in [4.78, 5) is 16.2. The number of rotatable bonds is 4. The van der Waals surface area contributed by atoms with Crippen LogP contribution in [-0.2, 0) is 4.79 Å². The molecule has 4 nitrogen and oxygen atoms in total. The van der Waals surface area contributed by atoms with Gasteiger partial charge in [0.2, 0.25) is 5.91 Å². The Labute approximate surface area is 102 Å². The quantitative estimate of drug-likeness (QED) is 0.825. The minimum atomic E-state index is -0.309. The van der Waals surface area contributed by atoms with Gasteiger partial charge in [-0.3, -0.25) is 9.78 Å². The number of carbonyl (C=O) groups excluding carboxylic acids is 1. The average molecular weight is 233 g/mol. The first-order valence-electron chi connectivity index (χ1n) is 6.09. The topological polar surface area (TPSA) is 68.0 Å². The van der Waals surface area contributed by atoms with Crippen molar-refractivity contribution in [2.24, 2.45) is 11.1 Å². The van der Waals surface area contributed by atoms with Crippen molar-refractivity contribution in [2.75, 3.05) is 6.54 Å². The van der Waals surface area contributed by atoms with Crippen molar-refractivity contribution in [1.82, 2.24) is 10.3 Å². The Kier molecular flexibility index (Phi) is 3.43. The summed E-state index contributed by atoms with van der Waals surface area (Å²) in [5, 5.41) is 3.03. The first-order chi connectivity index (χ1) is 8.18. The Morgan fingerprint density at radius 2 is 2.41 bits per heavy atom. The van der Waals surface area contributed by atoms with Gasteiger partial charge in [0.1, 0.15) is 0 Å². The van der Waals surface area contributed by atoms with Crippen LogP contribution in [0.15, 0.2) is 24.5 Å². The predicted molar refractivity (Wildman–Crippen MR) is 66.1 cm³/mol. The van der Waals surface area contributed by atoms with E-state index in [1.165, 1.54) is 0 Å². The largest absolute Gasteiger partial charge is 0.349 e. The molecule has 1 saturated carbocycles. The summed E-state index contributed by atoms with van der Waals surface area (Å²) in [5.41, 5.74) is 6.42. The Morgan fingerprint density at radius 3 is 2.88 bits per heavy atom. The molecule has 1 atom stereocenters. The molecule has 92 valence electrons. The van der Waals surface area contributed by atoms with Crippen molar-refractivity contribution in [2.45, 2.75) is 32.2 Å². The summed E-state index contributed by atoms with van der Waals surface area (Å²) in [6.45, 7) is 2.41. The molecule has 1 aliphatic rings. The molecule has 1 heterocycles. The monoisotopic (exact) mass is 233 g/mol. The van der Waals surface area contributed by atoms with Crippen LogP contribution < -0.4 is 11.1 Å². The summed E-state index contributed by atoms with van der Waals surface area (Å²) >= 11 is 0. The predicted octanol–water partition coefficient (Wildman–Crippen LogP) is 1.39. The standard InChI is InChI=1S/C13H19N3O/c1-10(11-4-2-7-15-8-11)16-12(17)13(9-14)5-3-6-13/h2,4,7-8,10H,3,5-6,9,14H2,1H3,(H,16,17).